The van der Waals surface area contributed by atoms with Gasteiger partial charge in [-0.3, -0.25) is 9.59 Å². The summed E-state index contributed by atoms with van der Waals surface area (Å²) in [7, 11) is 0. The van der Waals surface area contributed by atoms with E-state index in [0.29, 0.717) is 19.3 Å². The van der Waals surface area contributed by atoms with Gasteiger partial charge in [0.25, 0.3) is 0 Å². The van der Waals surface area contributed by atoms with Crippen LogP contribution in [0.4, 0.5) is 0 Å². The van der Waals surface area contributed by atoms with Gasteiger partial charge in [0.15, 0.2) is 0 Å². The zero-order valence-electron chi connectivity index (χ0n) is 22.2. The molecule has 0 aromatic heterocycles. The number of rotatable bonds is 9. The molecule has 1 fully saturated rings. The molecular weight excluding hydrogens is 486 g/mol. The molecule has 0 amide bonds. The van der Waals surface area contributed by atoms with E-state index in [1.54, 1.807) is 0 Å². The van der Waals surface area contributed by atoms with Crippen molar-refractivity contribution in [1.82, 2.24) is 5.06 Å². The summed E-state index contributed by atoms with van der Waals surface area (Å²) in [6.45, 7) is 10.2. The number of aliphatic carboxylic acids is 2. The quantitative estimate of drug-likeness (QED) is 0.252. The maximum absolute atomic E-state index is 10.4. The lowest BCUT2D eigenvalue weighted by molar-refractivity contribution is -0.287. The zero-order valence-corrected chi connectivity index (χ0v) is 22.2. The Hall–Kier alpha value is -3.02. The molecule has 4 unspecified atom stereocenters. The molecular formula is C26H41NO10. The summed E-state index contributed by atoms with van der Waals surface area (Å²) in [5.41, 5.74) is -0.445. The Morgan fingerprint density at radius 1 is 0.838 bits per heavy atom. The van der Waals surface area contributed by atoms with Crippen LogP contribution in [0.5, 0.6) is 0 Å². The summed E-state index contributed by atoms with van der Waals surface area (Å²) >= 11 is 0. The van der Waals surface area contributed by atoms with Crippen LogP contribution < -0.4 is 0 Å². The molecule has 1 aromatic rings. The predicted octanol–water partition coefficient (Wildman–Crippen LogP) is 4.21. The van der Waals surface area contributed by atoms with Gasteiger partial charge in [0.05, 0.1) is 17.2 Å². The van der Waals surface area contributed by atoms with E-state index < -0.39 is 23.9 Å². The van der Waals surface area contributed by atoms with Crippen LogP contribution in [0, 0.1) is 5.92 Å². The SMILES string of the molecule is CCC1(C)CC(O)C(C)C(C)(CC)N1O.O=C(O)CCCCC(=O)O.O=C(O)c1ccc(C(=O)O)cc1. The van der Waals surface area contributed by atoms with E-state index in [0.717, 1.165) is 12.8 Å². The molecule has 11 heteroatoms. The Morgan fingerprint density at radius 2 is 1.22 bits per heavy atom. The second-order valence-electron chi connectivity index (χ2n) is 9.62. The van der Waals surface area contributed by atoms with Gasteiger partial charge in [0, 0.05) is 29.8 Å². The second-order valence-corrected chi connectivity index (χ2v) is 9.62. The minimum atomic E-state index is -1.06. The van der Waals surface area contributed by atoms with Crippen LogP contribution in [-0.4, -0.2) is 76.9 Å². The first kappa shape index (κ1) is 34.0. The zero-order chi connectivity index (χ0) is 29.0. The molecule has 0 saturated carbocycles. The molecule has 11 nitrogen and oxygen atoms in total. The van der Waals surface area contributed by atoms with Crippen molar-refractivity contribution in [2.45, 2.75) is 96.7 Å². The normalized spacial score (nSPS) is 25.1. The van der Waals surface area contributed by atoms with Gasteiger partial charge < -0.3 is 30.7 Å². The molecule has 1 heterocycles. The summed E-state index contributed by atoms with van der Waals surface area (Å²) in [5, 5.41) is 55.1. The third-order valence-electron chi connectivity index (χ3n) is 7.09. The van der Waals surface area contributed by atoms with Gasteiger partial charge in [0.2, 0.25) is 0 Å². The smallest absolute Gasteiger partial charge is 0.335 e. The van der Waals surface area contributed by atoms with Crippen molar-refractivity contribution in [3.63, 3.8) is 0 Å². The first-order chi connectivity index (χ1) is 17.0. The topological polar surface area (TPSA) is 193 Å². The molecule has 210 valence electrons. The summed E-state index contributed by atoms with van der Waals surface area (Å²) < 4.78 is 0. The fourth-order valence-corrected chi connectivity index (χ4v) is 4.01. The van der Waals surface area contributed by atoms with Crippen molar-refractivity contribution >= 4 is 23.9 Å². The van der Waals surface area contributed by atoms with Gasteiger partial charge in [-0.05, 0) is 70.2 Å². The van der Waals surface area contributed by atoms with E-state index in [4.69, 9.17) is 20.4 Å². The average Bonchev–Trinajstić information content (AvgIpc) is 2.84. The number of carboxylic acids is 4. The molecule has 0 bridgehead atoms. The van der Waals surface area contributed by atoms with Crippen molar-refractivity contribution < 1.29 is 49.9 Å². The Morgan fingerprint density at radius 3 is 1.49 bits per heavy atom. The number of hydrogen-bond acceptors (Lipinski definition) is 7. The van der Waals surface area contributed by atoms with Crippen molar-refractivity contribution in [2.24, 2.45) is 5.92 Å². The molecule has 0 radical (unpaired) electrons. The monoisotopic (exact) mass is 527 g/mol. The summed E-state index contributed by atoms with van der Waals surface area (Å²) in [6.07, 6.45) is 3.05. The maximum Gasteiger partial charge on any atom is 0.335 e. The first-order valence-corrected chi connectivity index (χ1v) is 12.2. The third kappa shape index (κ3) is 10.5. The van der Waals surface area contributed by atoms with Crippen LogP contribution in [-0.2, 0) is 9.59 Å². The molecule has 1 aliphatic heterocycles. The van der Waals surface area contributed by atoms with Crippen LogP contribution >= 0.6 is 0 Å². The molecule has 37 heavy (non-hydrogen) atoms. The number of nitrogens with zero attached hydrogens (tertiary/aromatic N) is 1. The summed E-state index contributed by atoms with van der Waals surface area (Å²) in [4.78, 5) is 40.5. The van der Waals surface area contributed by atoms with Crippen LogP contribution in [0.2, 0.25) is 0 Å². The number of aliphatic hydroxyl groups excluding tert-OH is 1. The average molecular weight is 528 g/mol. The van der Waals surface area contributed by atoms with Gasteiger partial charge in [-0.25, -0.2) is 9.59 Å². The second kappa shape index (κ2) is 15.3. The molecule has 0 spiro atoms. The standard InChI is InChI=1S/C12H25NO2.C8H6O4.C6H10O4/c1-6-11(4)8-10(14)9(3)12(5,7-2)13(11)15;9-7(10)5-1-2-6(4-3-5)8(11)12;7-5(8)3-1-2-4-6(9)10/h9-10,14-15H,6-8H2,1-5H3;1-4H,(H,9,10)(H,11,12);1-4H2,(H,7,8)(H,9,10). The van der Waals surface area contributed by atoms with Crippen LogP contribution in [0.3, 0.4) is 0 Å². The Balaban J connectivity index is 0.000000538. The highest BCUT2D eigenvalue weighted by atomic mass is 16.5. The molecule has 0 aliphatic carbocycles. The van der Waals surface area contributed by atoms with Crippen molar-refractivity contribution in [3.8, 4) is 0 Å². The number of hydroxylamine groups is 2. The maximum atomic E-state index is 10.4. The molecule has 4 atom stereocenters. The fraction of sp³-hybridized carbons (Fsp3) is 0.615. The Kier molecular flexibility index (Phi) is 14.0. The van der Waals surface area contributed by atoms with E-state index in [1.165, 1.54) is 29.3 Å². The van der Waals surface area contributed by atoms with E-state index >= 15 is 0 Å². The minimum Gasteiger partial charge on any atom is -0.481 e. The minimum absolute atomic E-state index is 0.0628. The lowest BCUT2D eigenvalue weighted by Gasteiger charge is -2.56. The number of piperidine rings is 1. The largest absolute Gasteiger partial charge is 0.481 e. The third-order valence-corrected chi connectivity index (χ3v) is 7.09. The number of carbonyl (C=O) groups is 4. The number of unbranched alkanes of at least 4 members (excludes halogenated alkanes) is 1. The van der Waals surface area contributed by atoms with Gasteiger partial charge in [0.1, 0.15) is 0 Å². The predicted molar refractivity (Wildman–Crippen MR) is 135 cm³/mol. The van der Waals surface area contributed by atoms with Gasteiger partial charge in [-0.1, -0.05) is 20.8 Å². The number of aliphatic hydroxyl groups is 1. The Labute approximate surface area is 217 Å². The number of carboxylic acid groups (broad SMARTS) is 4. The highest BCUT2D eigenvalue weighted by Crippen LogP contribution is 2.44. The summed E-state index contributed by atoms with van der Waals surface area (Å²) in [5.74, 6) is -3.76. The lowest BCUT2D eigenvalue weighted by atomic mass is 9.69. The van der Waals surface area contributed by atoms with Gasteiger partial charge in [-0.2, -0.15) is 5.06 Å². The highest BCUT2D eigenvalue weighted by Gasteiger charge is 2.52. The summed E-state index contributed by atoms with van der Waals surface area (Å²) in [6, 6.07) is 5.02. The van der Waals surface area contributed by atoms with E-state index in [-0.39, 0.29) is 47.1 Å². The van der Waals surface area contributed by atoms with Crippen LogP contribution in [0.15, 0.2) is 24.3 Å². The number of aromatic carboxylic acids is 2. The fourth-order valence-electron chi connectivity index (χ4n) is 4.01. The lowest BCUT2D eigenvalue weighted by Crippen LogP contribution is -2.66. The van der Waals surface area contributed by atoms with Crippen molar-refractivity contribution in [3.05, 3.63) is 35.4 Å². The van der Waals surface area contributed by atoms with Gasteiger partial charge >= 0.3 is 23.9 Å². The van der Waals surface area contributed by atoms with Crippen molar-refractivity contribution in [1.29, 1.82) is 0 Å². The number of benzene rings is 1. The molecule has 2 rings (SSSR count). The van der Waals surface area contributed by atoms with E-state index in [9.17, 15) is 29.5 Å². The molecule has 1 saturated heterocycles. The Bertz CT molecular complexity index is 854. The molecule has 6 N–H and O–H groups in total. The van der Waals surface area contributed by atoms with Gasteiger partial charge in [-0.15, -0.1) is 0 Å². The first-order valence-electron chi connectivity index (χ1n) is 12.2. The molecule has 1 aromatic carbocycles. The number of hydrogen-bond donors (Lipinski definition) is 6. The van der Waals surface area contributed by atoms with Crippen LogP contribution in [0.25, 0.3) is 0 Å². The van der Waals surface area contributed by atoms with E-state index in [1.807, 2.05) is 20.8 Å². The van der Waals surface area contributed by atoms with Crippen LogP contribution in [0.1, 0.15) is 100 Å². The highest BCUT2D eigenvalue weighted by molar-refractivity contribution is 5.91. The van der Waals surface area contributed by atoms with Crippen molar-refractivity contribution in [2.75, 3.05) is 0 Å². The molecule has 1 aliphatic rings. The van der Waals surface area contributed by atoms with E-state index in [2.05, 4.69) is 13.8 Å².